The lowest BCUT2D eigenvalue weighted by molar-refractivity contribution is -0.143. The zero-order valence-corrected chi connectivity index (χ0v) is 23.5. The molecule has 3 aliphatic carbocycles. The van der Waals surface area contributed by atoms with Crippen LogP contribution in [0.25, 0.3) is 0 Å². The van der Waals surface area contributed by atoms with Crippen molar-refractivity contribution in [3.63, 3.8) is 0 Å². The molecule has 0 aromatic carbocycles. The number of Topliss-reactive ketones (excluding diaryl/α,β-unsaturated/α-hetero) is 1. The van der Waals surface area contributed by atoms with Gasteiger partial charge in [0, 0.05) is 18.0 Å². The number of likely N-dealkylation sites (tertiary alicyclic amines) is 1. The van der Waals surface area contributed by atoms with Gasteiger partial charge in [-0.3, -0.25) is 14.4 Å². The van der Waals surface area contributed by atoms with Crippen LogP contribution in [0.4, 0.5) is 4.79 Å². The average molecular weight is 514 g/mol. The Bertz CT molecular complexity index is 1090. The van der Waals surface area contributed by atoms with Crippen molar-refractivity contribution in [3.05, 3.63) is 22.4 Å². The summed E-state index contributed by atoms with van der Waals surface area (Å²) < 4.78 is 0. The molecule has 4 amide bonds. The number of nitrogens with two attached hydrogens (primary N) is 1. The smallest absolute Gasteiger partial charge is 0.315 e. The molecule has 0 spiro atoms. The highest BCUT2D eigenvalue weighted by molar-refractivity contribution is 6.04. The molecular weight excluding hydrogens is 470 g/mol. The van der Waals surface area contributed by atoms with E-state index in [-0.39, 0.29) is 35.4 Å². The van der Waals surface area contributed by atoms with Gasteiger partial charge in [0.25, 0.3) is 0 Å². The number of ketones is 1. The van der Waals surface area contributed by atoms with Gasteiger partial charge in [-0.1, -0.05) is 40.2 Å². The van der Waals surface area contributed by atoms with Crippen molar-refractivity contribution < 1.29 is 19.2 Å². The van der Waals surface area contributed by atoms with E-state index in [9.17, 15) is 19.2 Å². The predicted molar refractivity (Wildman–Crippen MR) is 141 cm³/mol. The summed E-state index contributed by atoms with van der Waals surface area (Å²) >= 11 is 0. The van der Waals surface area contributed by atoms with Crippen molar-refractivity contribution >= 4 is 23.6 Å². The van der Waals surface area contributed by atoms with Gasteiger partial charge in [0.2, 0.25) is 17.6 Å². The molecule has 1 saturated carbocycles. The van der Waals surface area contributed by atoms with Crippen LogP contribution in [0.2, 0.25) is 0 Å². The first-order valence-electron chi connectivity index (χ1n) is 13.5. The summed E-state index contributed by atoms with van der Waals surface area (Å²) in [5.74, 6) is -0.440. The molecule has 5 N–H and O–H groups in total. The number of nitrogens with one attached hydrogen (secondary N) is 3. The van der Waals surface area contributed by atoms with Crippen molar-refractivity contribution in [1.29, 1.82) is 0 Å². The minimum absolute atomic E-state index is 0.112. The first-order valence-corrected chi connectivity index (χ1v) is 13.5. The molecule has 2 fully saturated rings. The average Bonchev–Trinajstić information content (AvgIpc) is 3.30. The number of hydrogen-bond acceptors (Lipinski definition) is 5. The van der Waals surface area contributed by atoms with E-state index in [0.29, 0.717) is 18.7 Å². The maximum absolute atomic E-state index is 14.0. The summed E-state index contributed by atoms with van der Waals surface area (Å²) in [5, 5.41) is 8.67. The molecule has 204 valence electrons. The van der Waals surface area contributed by atoms with Crippen LogP contribution in [0.15, 0.2) is 22.4 Å². The first kappa shape index (κ1) is 27.2. The fourth-order valence-corrected chi connectivity index (χ4v) is 6.11. The quantitative estimate of drug-likeness (QED) is 0.419. The van der Waals surface area contributed by atoms with E-state index in [1.807, 2.05) is 41.5 Å². The minimum Gasteiger partial charge on any atom is -0.396 e. The topological polar surface area (TPSA) is 134 Å². The Labute approximate surface area is 220 Å². The number of carbonyl (C=O) groups excluding carboxylic acids is 4. The molecule has 1 unspecified atom stereocenters. The van der Waals surface area contributed by atoms with E-state index >= 15 is 0 Å². The SMILES string of the molecule is CC(C)C1=C2CN(C(=O)[C@@H](NC(=O)NC(C)(C)C)C(C)(C)C)[C@H](C(=O)N[C@H]3CC4CCC4=C(N)C3=O)[C@H]21. The van der Waals surface area contributed by atoms with Crippen LogP contribution < -0.4 is 21.7 Å². The highest BCUT2D eigenvalue weighted by atomic mass is 16.2. The van der Waals surface area contributed by atoms with Crippen LogP contribution in [0, 0.1) is 23.2 Å². The molecule has 0 radical (unpaired) electrons. The fraction of sp³-hybridized carbons (Fsp3) is 0.714. The van der Waals surface area contributed by atoms with E-state index in [1.54, 1.807) is 4.90 Å². The van der Waals surface area contributed by atoms with Gasteiger partial charge in [-0.25, -0.2) is 4.79 Å². The van der Waals surface area contributed by atoms with Gasteiger partial charge < -0.3 is 26.6 Å². The van der Waals surface area contributed by atoms with Crippen LogP contribution in [0.5, 0.6) is 0 Å². The summed E-state index contributed by atoms with van der Waals surface area (Å²) in [5.41, 5.74) is 8.69. The molecule has 9 heteroatoms. The largest absolute Gasteiger partial charge is 0.396 e. The number of allylic oxidation sites excluding steroid dienone is 1. The van der Waals surface area contributed by atoms with Gasteiger partial charge in [-0.2, -0.15) is 0 Å². The third-order valence-corrected chi connectivity index (χ3v) is 8.06. The zero-order chi connectivity index (χ0) is 27.6. The van der Waals surface area contributed by atoms with Crippen LogP contribution in [-0.4, -0.2) is 58.7 Å². The molecule has 9 nitrogen and oxygen atoms in total. The van der Waals surface area contributed by atoms with Crippen molar-refractivity contribution in [2.75, 3.05) is 6.54 Å². The molecule has 5 atom stereocenters. The third-order valence-electron chi connectivity index (χ3n) is 8.06. The van der Waals surface area contributed by atoms with Gasteiger partial charge in [0.05, 0.1) is 11.7 Å². The van der Waals surface area contributed by atoms with E-state index in [4.69, 9.17) is 5.73 Å². The molecular formula is C28H43N5O4. The maximum Gasteiger partial charge on any atom is 0.315 e. The minimum atomic E-state index is -0.835. The summed E-state index contributed by atoms with van der Waals surface area (Å²) in [6.07, 6.45) is 2.39. The van der Waals surface area contributed by atoms with Gasteiger partial charge >= 0.3 is 6.03 Å². The van der Waals surface area contributed by atoms with E-state index in [1.165, 1.54) is 5.57 Å². The van der Waals surface area contributed by atoms with E-state index < -0.39 is 35.1 Å². The summed E-state index contributed by atoms with van der Waals surface area (Å²) in [6, 6.07) is -2.67. The molecule has 0 aromatic heterocycles. The fourth-order valence-electron chi connectivity index (χ4n) is 6.11. The van der Waals surface area contributed by atoms with E-state index in [2.05, 4.69) is 29.8 Å². The number of urea groups is 1. The molecule has 4 aliphatic rings. The Kier molecular flexibility index (Phi) is 6.74. The Morgan fingerprint density at radius 3 is 2.22 bits per heavy atom. The van der Waals surface area contributed by atoms with Crippen LogP contribution in [0.1, 0.15) is 74.7 Å². The molecule has 1 heterocycles. The van der Waals surface area contributed by atoms with Crippen LogP contribution in [-0.2, 0) is 14.4 Å². The monoisotopic (exact) mass is 513 g/mol. The summed E-state index contributed by atoms with van der Waals surface area (Å²) in [6.45, 7) is 15.8. The Morgan fingerprint density at radius 2 is 1.70 bits per heavy atom. The summed E-state index contributed by atoms with van der Waals surface area (Å²) in [4.78, 5) is 54.9. The number of fused-ring (bicyclic) bond motifs is 2. The second-order valence-electron chi connectivity index (χ2n) is 13.5. The second kappa shape index (κ2) is 9.17. The third kappa shape index (κ3) is 5.14. The standard InChI is InChI=1S/C28H43N5O4/c1-13(2)18-16-12-33(25(36)23(27(3,4)5)31-26(37)32-28(6,7)8)21(19(16)18)24(35)30-17-11-14-9-10-15(14)20(29)22(17)34/h13-14,17,19,21,23H,9-12,29H2,1-8H3,(H,30,35)(H2,31,32,37)/t14?,17-,19+,21-,23+/m0/s1. The number of nitrogens with zero attached hydrogens (tertiary/aromatic N) is 1. The number of carbonyl (C=O) groups is 4. The van der Waals surface area contributed by atoms with Gasteiger partial charge in [0.1, 0.15) is 12.1 Å². The van der Waals surface area contributed by atoms with Gasteiger partial charge in [-0.05, 0) is 68.4 Å². The highest BCUT2D eigenvalue weighted by Crippen LogP contribution is 2.53. The normalized spacial score (nSPS) is 27.9. The van der Waals surface area contributed by atoms with Crippen molar-refractivity contribution in [3.8, 4) is 0 Å². The van der Waals surface area contributed by atoms with Crippen LogP contribution in [0.3, 0.4) is 0 Å². The Hall–Kier alpha value is -2.84. The first-order chi connectivity index (χ1) is 17.0. The van der Waals surface area contributed by atoms with Crippen LogP contribution >= 0.6 is 0 Å². The van der Waals surface area contributed by atoms with E-state index in [0.717, 1.165) is 24.0 Å². The molecule has 0 bridgehead atoms. The number of amides is 4. The van der Waals surface area contributed by atoms with Crippen molar-refractivity contribution in [1.82, 2.24) is 20.9 Å². The molecule has 37 heavy (non-hydrogen) atoms. The van der Waals surface area contributed by atoms with Crippen molar-refractivity contribution in [2.24, 2.45) is 28.9 Å². The predicted octanol–water partition coefficient (Wildman–Crippen LogP) is 2.37. The second-order valence-corrected chi connectivity index (χ2v) is 13.5. The summed E-state index contributed by atoms with van der Waals surface area (Å²) in [7, 11) is 0. The van der Waals surface area contributed by atoms with Crippen molar-refractivity contribution in [2.45, 2.75) is 98.3 Å². The molecule has 0 aromatic rings. The highest BCUT2D eigenvalue weighted by Gasteiger charge is 2.58. The number of hydrogen-bond donors (Lipinski definition) is 4. The maximum atomic E-state index is 14.0. The molecule has 4 rings (SSSR count). The molecule has 1 saturated heterocycles. The Balaban J connectivity index is 1.56. The number of rotatable bonds is 5. The lowest BCUT2D eigenvalue weighted by atomic mass is 9.69. The van der Waals surface area contributed by atoms with Gasteiger partial charge in [-0.15, -0.1) is 0 Å². The molecule has 1 aliphatic heterocycles. The lowest BCUT2D eigenvalue weighted by Crippen LogP contribution is -2.62. The van der Waals surface area contributed by atoms with Gasteiger partial charge in [0.15, 0.2) is 0 Å². The lowest BCUT2D eigenvalue weighted by Gasteiger charge is -2.40. The Morgan fingerprint density at radius 1 is 1.05 bits per heavy atom. The zero-order valence-electron chi connectivity index (χ0n) is 23.5.